The topological polar surface area (TPSA) is 51.0 Å². The maximum Gasteiger partial charge on any atom is 0.237 e. The highest BCUT2D eigenvalue weighted by atomic mass is 32.2. The van der Waals surface area contributed by atoms with Crippen molar-refractivity contribution in [1.29, 1.82) is 0 Å². The van der Waals surface area contributed by atoms with Crippen LogP contribution in [-0.2, 0) is 17.8 Å². The van der Waals surface area contributed by atoms with Crippen LogP contribution in [0.3, 0.4) is 0 Å². The highest BCUT2D eigenvalue weighted by molar-refractivity contribution is 7.99. The minimum atomic E-state index is 0.118. The summed E-state index contributed by atoms with van der Waals surface area (Å²) < 4.78 is 1.97. The van der Waals surface area contributed by atoms with Gasteiger partial charge in [-0.2, -0.15) is 0 Å². The summed E-state index contributed by atoms with van der Waals surface area (Å²) in [6.45, 7) is 7.10. The molecule has 1 aromatic carbocycles. The highest BCUT2D eigenvalue weighted by Gasteiger charge is 2.22. The van der Waals surface area contributed by atoms with Crippen molar-refractivity contribution >= 4 is 23.4 Å². The third-order valence-electron chi connectivity index (χ3n) is 3.95. The molecular weight excluding hydrogens is 308 g/mol. The van der Waals surface area contributed by atoms with Crippen LogP contribution in [0.15, 0.2) is 42.1 Å². The maximum absolute atomic E-state index is 12.6. The second-order valence-electron chi connectivity index (χ2n) is 5.50. The second kappa shape index (κ2) is 7.00. The van der Waals surface area contributed by atoms with Crippen LogP contribution in [0.5, 0.6) is 0 Å². The van der Waals surface area contributed by atoms with Gasteiger partial charge in [0.25, 0.3) is 0 Å². The van der Waals surface area contributed by atoms with E-state index in [1.54, 1.807) is 0 Å². The first-order valence-corrected chi connectivity index (χ1v) is 8.71. The number of rotatable bonds is 5. The minimum absolute atomic E-state index is 0.118. The first-order valence-electron chi connectivity index (χ1n) is 7.72. The van der Waals surface area contributed by atoms with Crippen LogP contribution in [-0.4, -0.2) is 33.0 Å². The fraction of sp³-hybridized carbons (Fsp3) is 0.353. The number of thioether (sulfide) groups is 1. The van der Waals surface area contributed by atoms with Gasteiger partial charge in [-0.05, 0) is 31.4 Å². The molecule has 2 aromatic rings. The smallest absolute Gasteiger partial charge is 0.237 e. The molecule has 1 amide bonds. The maximum atomic E-state index is 12.6. The Labute approximate surface area is 140 Å². The summed E-state index contributed by atoms with van der Waals surface area (Å²) in [5, 5.41) is 9.00. The molecule has 6 heteroatoms. The van der Waals surface area contributed by atoms with Crippen LogP contribution >= 0.6 is 11.8 Å². The third kappa shape index (κ3) is 3.32. The molecule has 0 fully saturated rings. The molecule has 0 atom stereocenters. The van der Waals surface area contributed by atoms with Gasteiger partial charge in [-0.1, -0.05) is 36.0 Å². The lowest BCUT2D eigenvalue weighted by atomic mass is 10.0. The summed E-state index contributed by atoms with van der Waals surface area (Å²) >= 11 is 1.43. The van der Waals surface area contributed by atoms with Gasteiger partial charge in [0.1, 0.15) is 5.82 Å². The van der Waals surface area contributed by atoms with E-state index in [1.807, 2.05) is 40.7 Å². The Hall–Kier alpha value is -2.08. The highest BCUT2D eigenvalue weighted by Crippen LogP contribution is 2.28. The lowest BCUT2D eigenvalue weighted by Gasteiger charge is -2.29. The molecular formula is C17H20N4OS. The Morgan fingerprint density at radius 1 is 1.39 bits per heavy atom. The van der Waals surface area contributed by atoms with E-state index in [-0.39, 0.29) is 5.91 Å². The Morgan fingerprint density at radius 2 is 2.22 bits per heavy atom. The van der Waals surface area contributed by atoms with E-state index in [4.69, 9.17) is 0 Å². The van der Waals surface area contributed by atoms with E-state index in [0.29, 0.717) is 12.3 Å². The van der Waals surface area contributed by atoms with Crippen molar-refractivity contribution in [3.8, 4) is 0 Å². The molecule has 0 saturated carbocycles. The van der Waals surface area contributed by atoms with Crippen LogP contribution in [0, 0.1) is 6.92 Å². The number of nitrogens with zero attached hydrogens (tertiary/aromatic N) is 4. The van der Waals surface area contributed by atoms with Gasteiger partial charge in [-0.3, -0.25) is 4.79 Å². The lowest BCUT2D eigenvalue weighted by molar-refractivity contribution is -0.116. The summed E-state index contributed by atoms with van der Waals surface area (Å²) in [7, 11) is 0. The molecule has 0 saturated heterocycles. The second-order valence-corrected chi connectivity index (χ2v) is 6.44. The molecule has 3 rings (SSSR count). The van der Waals surface area contributed by atoms with Crippen molar-refractivity contribution in [2.45, 2.75) is 31.5 Å². The van der Waals surface area contributed by atoms with Crippen LogP contribution in [0.2, 0.25) is 0 Å². The predicted octanol–water partition coefficient (Wildman–Crippen LogP) is 2.84. The van der Waals surface area contributed by atoms with Gasteiger partial charge < -0.3 is 9.47 Å². The number of hydrogen-bond donors (Lipinski definition) is 0. The molecule has 0 unspecified atom stereocenters. The van der Waals surface area contributed by atoms with Gasteiger partial charge in [0.05, 0.1) is 5.75 Å². The number of carbonyl (C=O) groups excluding carboxylic acids is 1. The lowest BCUT2D eigenvalue weighted by Crippen LogP contribution is -2.36. The molecule has 2 heterocycles. The Bertz CT molecular complexity index is 725. The van der Waals surface area contributed by atoms with E-state index in [9.17, 15) is 4.79 Å². The van der Waals surface area contributed by atoms with E-state index in [1.165, 1.54) is 17.3 Å². The zero-order valence-corrected chi connectivity index (χ0v) is 14.1. The molecule has 5 nitrogen and oxygen atoms in total. The number of hydrogen-bond acceptors (Lipinski definition) is 4. The number of aromatic nitrogens is 3. The van der Waals surface area contributed by atoms with Crippen molar-refractivity contribution in [2.24, 2.45) is 0 Å². The molecule has 23 heavy (non-hydrogen) atoms. The molecule has 0 N–H and O–H groups in total. The van der Waals surface area contributed by atoms with Crippen LogP contribution < -0.4 is 4.90 Å². The number of allylic oxidation sites excluding steroid dienone is 1. The van der Waals surface area contributed by atoms with Crippen molar-refractivity contribution in [2.75, 3.05) is 17.2 Å². The van der Waals surface area contributed by atoms with Crippen molar-refractivity contribution in [1.82, 2.24) is 14.8 Å². The van der Waals surface area contributed by atoms with E-state index in [0.717, 1.165) is 36.1 Å². The first kappa shape index (κ1) is 15.8. The van der Waals surface area contributed by atoms with Crippen LogP contribution in [0.25, 0.3) is 0 Å². The van der Waals surface area contributed by atoms with Crippen LogP contribution in [0.1, 0.15) is 17.8 Å². The Morgan fingerprint density at radius 3 is 3.04 bits per heavy atom. The monoisotopic (exact) mass is 328 g/mol. The summed E-state index contributed by atoms with van der Waals surface area (Å²) in [5.41, 5.74) is 2.30. The number of carbonyl (C=O) groups is 1. The molecule has 0 spiro atoms. The van der Waals surface area contributed by atoms with Crippen molar-refractivity contribution < 1.29 is 4.79 Å². The van der Waals surface area contributed by atoms with E-state index < -0.39 is 0 Å². The summed E-state index contributed by atoms with van der Waals surface area (Å²) in [6.07, 6.45) is 3.86. The largest absolute Gasteiger partial charge is 0.311 e. The molecule has 0 aliphatic carbocycles. The normalized spacial score (nSPS) is 13.7. The van der Waals surface area contributed by atoms with Crippen LogP contribution in [0.4, 0.5) is 5.69 Å². The van der Waals surface area contributed by atoms with Gasteiger partial charge in [-0.25, -0.2) is 0 Å². The molecule has 0 bridgehead atoms. The fourth-order valence-corrected chi connectivity index (χ4v) is 3.67. The molecule has 0 radical (unpaired) electrons. The van der Waals surface area contributed by atoms with E-state index in [2.05, 4.69) is 22.8 Å². The number of amides is 1. The number of anilines is 1. The minimum Gasteiger partial charge on any atom is -0.311 e. The SMILES string of the molecule is C=CCn1c(C)nnc1SCC(=O)N1CCCc2ccccc21. The summed E-state index contributed by atoms with van der Waals surface area (Å²) in [6, 6.07) is 8.15. The molecule has 120 valence electrons. The average Bonchev–Trinajstić information content (AvgIpc) is 2.93. The summed E-state index contributed by atoms with van der Waals surface area (Å²) in [5.74, 6) is 1.32. The number of aryl methyl sites for hydroxylation is 2. The van der Waals surface area contributed by atoms with Gasteiger partial charge in [0, 0.05) is 18.8 Å². The Kier molecular flexibility index (Phi) is 4.81. The number of benzene rings is 1. The van der Waals surface area contributed by atoms with Gasteiger partial charge in [0.15, 0.2) is 5.16 Å². The molecule has 1 aromatic heterocycles. The Balaban J connectivity index is 1.70. The fourth-order valence-electron chi connectivity index (χ4n) is 2.80. The van der Waals surface area contributed by atoms with Gasteiger partial charge in [-0.15, -0.1) is 16.8 Å². The van der Waals surface area contributed by atoms with E-state index >= 15 is 0 Å². The summed E-state index contributed by atoms with van der Waals surface area (Å²) in [4.78, 5) is 14.5. The van der Waals surface area contributed by atoms with Crippen molar-refractivity contribution in [3.63, 3.8) is 0 Å². The molecule has 1 aliphatic heterocycles. The third-order valence-corrected chi connectivity index (χ3v) is 4.90. The quantitative estimate of drug-likeness (QED) is 0.625. The van der Waals surface area contributed by atoms with Gasteiger partial charge >= 0.3 is 0 Å². The predicted molar refractivity (Wildman–Crippen MR) is 92.8 cm³/mol. The van der Waals surface area contributed by atoms with Crippen molar-refractivity contribution in [3.05, 3.63) is 48.3 Å². The zero-order valence-electron chi connectivity index (χ0n) is 13.2. The zero-order chi connectivity index (χ0) is 16.2. The molecule has 1 aliphatic rings. The first-order chi connectivity index (χ1) is 11.2. The van der Waals surface area contributed by atoms with Gasteiger partial charge in [0.2, 0.25) is 5.91 Å². The number of para-hydroxylation sites is 1. The standard InChI is InChI=1S/C17H20N4OS/c1-3-10-20-13(2)18-19-17(20)23-12-16(22)21-11-6-8-14-7-4-5-9-15(14)21/h3-5,7,9H,1,6,8,10-12H2,2H3. The number of fused-ring (bicyclic) bond motifs is 1. The average molecular weight is 328 g/mol.